The zero-order valence-corrected chi connectivity index (χ0v) is 17.2. The van der Waals surface area contributed by atoms with Crippen LogP contribution < -0.4 is 14.2 Å². The summed E-state index contributed by atoms with van der Waals surface area (Å²) in [5.41, 5.74) is 1.13. The maximum atomic E-state index is 5.93. The molecule has 0 saturated heterocycles. The van der Waals surface area contributed by atoms with Gasteiger partial charge in [0.2, 0.25) is 0 Å². The molecule has 1 aromatic heterocycles. The first kappa shape index (κ1) is 20.1. The molecule has 0 aliphatic rings. The van der Waals surface area contributed by atoms with E-state index in [9.17, 15) is 0 Å². The van der Waals surface area contributed by atoms with E-state index in [1.165, 1.54) is 0 Å². The van der Waals surface area contributed by atoms with Gasteiger partial charge in [0.1, 0.15) is 12.4 Å². The predicted molar refractivity (Wildman–Crippen MR) is 110 cm³/mol. The molecule has 0 fully saturated rings. The quantitative estimate of drug-likeness (QED) is 0.375. The van der Waals surface area contributed by atoms with Crippen molar-refractivity contribution in [1.82, 2.24) is 14.8 Å². The lowest BCUT2D eigenvalue weighted by Crippen LogP contribution is -2.06. The maximum absolute atomic E-state index is 5.93. The molecule has 0 radical (unpaired) electrons. The van der Waals surface area contributed by atoms with Crippen LogP contribution in [0.15, 0.2) is 53.7 Å². The van der Waals surface area contributed by atoms with Gasteiger partial charge in [-0.15, -0.1) is 10.2 Å². The summed E-state index contributed by atoms with van der Waals surface area (Å²) in [5.74, 6) is 3.87. The van der Waals surface area contributed by atoms with Gasteiger partial charge in [0.05, 0.1) is 13.2 Å². The molecule has 2 aromatic carbocycles. The third-order valence-electron chi connectivity index (χ3n) is 4.01. The normalized spacial score (nSPS) is 10.7. The van der Waals surface area contributed by atoms with Crippen molar-refractivity contribution in [3.63, 3.8) is 0 Å². The lowest BCUT2D eigenvalue weighted by atomic mass is 10.2. The van der Waals surface area contributed by atoms with Gasteiger partial charge in [-0.1, -0.05) is 36.0 Å². The van der Waals surface area contributed by atoms with Crippen LogP contribution in [-0.2, 0) is 13.7 Å². The predicted octanol–water partition coefficient (Wildman–Crippen LogP) is 4.27. The maximum Gasteiger partial charge on any atom is 0.191 e. The summed E-state index contributed by atoms with van der Waals surface area (Å²) < 4.78 is 19.2. The van der Waals surface area contributed by atoms with Crippen LogP contribution >= 0.6 is 11.8 Å². The zero-order chi connectivity index (χ0) is 19.8. The number of para-hydroxylation sites is 1. The van der Waals surface area contributed by atoms with Gasteiger partial charge in [-0.3, -0.25) is 0 Å². The molecule has 1 heterocycles. The number of aryl methyl sites for hydroxylation is 1. The monoisotopic (exact) mass is 399 g/mol. The van der Waals surface area contributed by atoms with Gasteiger partial charge in [-0.05, 0) is 43.7 Å². The van der Waals surface area contributed by atoms with E-state index in [1.54, 1.807) is 11.8 Å². The van der Waals surface area contributed by atoms with E-state index in [4.69, 9.17) is 14.2 Å². The van der Waals surface area contributed by atoms with Gasteiger partial charge in [-0.25, -0.2) is 0 Å². The van der Waals surface area contributed by atoms with Crippen molar-refractivity contribution in [3.8, 4) is 17.2 Å². The highest BCUT2D eigenvalue weighted by Gasteiger charge is 2.12. The first-order valence-electron chi connectivity index (χ1n) is 9.22. The average Bonchev–Trinajstić information content (AvgIpc) is 3.05. The van der Waals surface area contributed by atoms with E-state index in [0.29, 0.717) is 25.6 Å². The molecule has 0 atom stereocenters. The Kier molecular flexibility index (Phi) is 7.19. The van der Waals surface area contributed by atoms with Crippen molar-refractivity contribution in [2.75, 3.05) is 19.0 Å². The average molecular weight is 400 g/mol. The second-order valence-electron chi connectivity index (χ2n) is 6.14. The highest BCUT2D eigenvalue weighted by Crippen LogP contribution is 2.29. The number of nitrogens with zero attached hydrogens (tertiary/aromatic N) is 3. The highest BCUT2D eigenvalue weighted by molar-refractivity contribution is 7.99. The summed E-state index contributed by atoms with van der Waals surface area (Å²) in [6, 6.07) is 15.7. The fourth-order valence-corrected chi connectivity index (χ4v) is 3.30. The summed E-state index contributed by atoms with van der Waals surface area (Å²) in [7, 11) is 1.94. The zero-order valence-electron chi connectivity index (χ0n) is 16.4. The van der Waals surface area contributed by atoms with E-state index < -0.39 is 0 Å². The third-order valence-corrected chi connectivity index (χ3v) is 4.99. The second-order valence-corrected chi connectivity index (χ2v) is 7.20. The van der Waals surface area contributed by atoms with Crippen molar-refractivity contribution in [1.29, 1.82) is 0 Å². The number of hydrogen-bond donors (Lipinski definition) is 0. The number of hydrogen-bond acceptors (Lipinski definition) is 6. The second kappa shape index (κ2) is 10.0. The molecule has 0 saturated carbocycles. The van der Waals surface area contributed by atoms with E-state index >= 15 is 0 Å². The Labute approximate surface area is 169 Å². The topological polar surface area (TPSA) is 58.4 Å². The molecule has 148 valence electrons. The number of thioether (sulfide) groups is 1. The molecule has 0 aliphatic carbocycles. The Morgan fingerprint density at radius 3 is 2.57 bits per heavy atom. The van der Waals surface area contributed by atoms with E-state index in [0.717, 1.165) is 33.8 Å². The van der Waals surface area contributed by atoms with Crippen molar-refractivity contribution in [3.05, 3.63) is 59.9 Å². The van der Waals surface area contributed by atoms with Crippen LogP contribution in [0.4, 0.5) is 0 Å². The fraction of sp³-hybridized carbons (Fsp3) is 0.333. The first-order chi connectivity index (χ1) is 13.7. The molecule has 0 unspecified atom stereocenters. The van der Waals surface area contributed by atoms with Crippen LogP contribution in [-0.4, -0.2) is 33.7 Å². The van der Waals surface area contributed by atoms with Crippen LogP contribution in [0.5, 0.6) is 17.2 Å². The Hall–Kier alpha value is -2.67. The Morgan fingerprint density at radius 1 is 0.964 bits per heavy atom. The minimum atomic E-state index is 0.327. The van der Waals surface area contributed by atoms with Crippen molar-refractivity contribution >= 4 is 11.8 Å². The summed E-state index contributed by atoms with van der Waals surface area (Å²) in [5, 5.41) is 9.34. The minimum absolute atomic E-state index is 0.327. The summed E-state index contributed by atoms with van der Waals surface area (Å²) in [6.45, 7) is 5.51. The van der Waals surface area contributed by atoms with Crippen LogP contribution in [0.25, 0.3) is 0 Å². The summed E-state index contributed by atoms with van der Waals surface area (Å²) in [4.78, 5) is 0. The van der Waals surface area contributed by atoms with Gasteiger partial charge >= 0.3 is 0 Å². The van der Waals surface area contributed by atoms with E-state index in [1.807, 2.05) is 74.0 Å². The third kappa shape index (κ3) is 5.42. The summed E-state index contributed by atoms with van der Waals surface area (Å²) >= 11 is 1.61. The molecule has 6 nitrogen and oxygen atoms in total. The van der Waals surface area contributed by atoms with Gasteiger partial charge < -0.3 is 18.8 Å². The number of aromatic nitrogens is 3. The van der Waals surface area contributed by atoms with Crippen molar-refractivity contribution < 1.29 is 14.2 Å². The smallest absolute Gasteiger partial charge is 0.191 e. The molecule has 0 N–H and O–H groups in total. The number of rotatable bonds is 10. The van der Waals surface area contributed by atoms with Gasteiger partial charge in [-0.2, -0.15) is 0 Å². The van der Waals surface area contributed by atoms with Crippen molar-refractivity contribution in [2.45, 2.75) is 25.6 Å². The molecule has 0 amide bonds. The molecule has 3 aromatic rings. The van der Waals surface area contributed by atoms with Gasteiger partial charge in [0.15, 0.2) is 22.5 Å². The number of ether oxygens (including phenoxy) is 3. The molecule has 0 bridgehead atoms. The van der Waals surface area contributed by atoms with E-state index in [2.05, 4.69) is 10.2 Å². The largest absolute Gasteiger partial charge is 0.493 e. The van der Waals surface area contributed by atoms with Crippen LogP contribution in [0.3, 0.4) is 0 Å². The molecular weight excluding hydrogens is 374 g/mol. The summed E-state index contributed by atoms with van der Waals surface area (Å²) in [6.07, 6.45) is 0. The Balaban J connectivity index is 1.52. The molecule has 3 rings (SSSR count). The van der Waals surface area contributed by atoms with Gasteiger partial charge in [0.25, 0.3) is 0 Å². The van der Waals surface area contributed by atoms with Crippen LogP contribution in [0, 0.1) is 6.92 Å². The Bertz CT molecular complexity index is 884. The molecule has 0 aliphatic heterocycles. The van der Waals surface area contributed by atoms with E-state index in [-0.39, 0.29) is 0 Å². The molecular formula is C21H25N3O3S. The number of benzene rings is 2. The van der Waals surface area contributed by atoms with Crippen LogP contribution in [0.2, 0.25) is 0 Å². The fourth-order valence-electron chi connectivity index (χ4n) is 2.55. The lowest BCUT2D eigenvalue weighted by molar-refractivity contribution is 0.260. The molecule has 28 heavy (non-hydrogen) atoms. The Morgan fingerprint density at radius 2 is 1.79 bits per heavy atom. The standard InChI is InChI=1S/C21H25N3O3S/c1-4-25-19-14-16(2)10-11-18(19)27-15-20-22-23-21(24(20)3)28-13-12-26-17-8-6-5-7-9-17/h5-11,14H,4,12-13,15H2,1-3H3. The first-order valence-corrected chi connectivity index (χ1v) is 10.2. The van der Waals surface area contributed by atoms with Crippen LogP contribution in [0.1, 0.15) is 18.3 Å². The SMILES string of the molecule is CCOc1cc(C)ccc1OCc1nnc(SCCOc2ccccc2)n1C. The lowest BCUT2D eigenvalue weighted by Gasteiger charge is -2.12. The highest BCUT2D eigenvalue weighted by atomic mass is 32.2. The molecule has 7 heteroatoms. The van der Waals surface area contributed by atoms with Gasteiger partial charge in [0, 0.05) is 12.8 Å². The van der Waals surface area contributed by atoms with Crippen molar-refractivity contribution in [2.24, 2.45) is 7.05 Å². The molecule has 0 spiro atoms. The minimum Gasteiger partial charge on any atom is -0.493 e.